The van der Waals surface area contributed by atoms with Gasteiger partial charge in [0.25, 0.3) is 0 Å². The van der Waals surface area contributed by atoms with Crippen LogP contribution >= 0.6 is 11.8 Å². The molecule has 2 aromatic carbocycles. The highest BCUT2D eigenvalue weighted by Gasteiger charge is 2.23. The number of benzene rings is 2. The van der Waals surface area contributed by atoms with Crippen LogP contribution in [0.4, 0.5) is 0 Å². The van der Waals surface area contributed by atoms with Gasteiger partial charge in [-0.3, -0.25) is 9.36 Å². The van der Waals surface area contributed by atoms with E-state index in [0.29, 0.717) is 23.3 Å². The zero-order chi connectivity index (χ0) is 22.8. The number of furan rings is 1. The van der Waals surface area contributed by atoms with Crippen molar-refractivity contribution < 1.29 is 18.7 Å². The number of hydrogen-bond acceptors (Lipinski definition) is 7. The monoisotopic (exact) mass is 462 g/mol. The van der Waals surface area contributed by atoms with Crippen molar-refractivity contribution in [3.63, 3.8) is 0 Å². The number of carbonyl (C=O) groups excluding carboxylic acids is 1. The summed E-state index contributed by atoms with van der Waals surface area (Å²) < 4.78 is 18.2. The maximum atomic E-state index is 12.8. The molecule has 1 N–H and O–H groups in total. The van der Waals surface area contributed by atoms with Crippen molar-refractivity contribution in [3.8, 4) is 28.6 Å². The van der Waals surface area contributed by atoms with Crippen molar-refractivity contribution in [2.24, 2.45) is 0 Å². The number of amides is 1. The van der Waals surface area contributed by atoms with Gasteiger partial charge in [0.2, 0.25) is 12.7 Å². The van der Waals surface area contributed by atoms with Gasteiger partial charge in [-0.1, -0.05) is 36.0 Å². The highest BCUT2D eigenvalue weighted by atomic mass is 32.2. The van der Waals surface area contributed by atoms with E-state index in [1.165, 1.54) is 11.8 Å². The third kappa shape index (κ3) is 4.31. The smallest absolute Gasteiger partial charge is 0.233 e. The van der Waals surface area contributed by atoms with Crippen LogP contribution in [0.15, 0.2) is 70.4 Å². The van der Waals surface area contributed by atoms with E-state index in [1.807, 2.05) is 73.0 Å². The van der Waals surface area contributed by atoms with Crippen LogP contribution in [-0.2, 0) is 11.3 Å². The molecule has 5 rings (SSSR count). The van der Waals surface area contributed by atoms with E-state index in [4.69, 9.17) is 13.9 Å². The number of aryl methyl sites for hydroxylation is 1. The Kier molecular flexibility index (Phi) is 5.78. The van der Waals surface area contributed by atoms with Crippen molar-refractivity contribution in [2.45, 2.75) is 30.8 Å². The molecule has 3 heterocycles. The molecule has 0 fully saturated rings. The Bertz CT molecular complexity index is 1280. The minimum absolute atomic E-state index is 0.0960. The molecule has 1 atom stereocenters. The van der Waals surface area contributed by atoms with E-state index < -0.39 is 0 Å². The molecule has 4 aromatic rings. The molecule has 0 aliphatic carbocycles. The van der Waals surface area contributed by atoms with Crippen molar-refractivity contribution in [1.82, 2.24) is 20.1 Å². The lowest BCUT2D eigenvalue weighted by atomic mass is 10.2. The molecule has 1 amide bonds. The molecule has 1 aliphatic heterocycles. The van der Waals surface area contributed by atoms with Crippen LogP contribution in [0, 0.1) is 6.92 Å². The molecule has 168 valence electrons. The van der Waals surface area contributed by atoms with Crippen molar-refractivity contribution >= 4 is 17.7 Å². The maximum Gasteiger partial charge on any atom is 0.233 e. The fourth-order valence-electron chi connectivity index (χ4n) is 3.54. The Balaban J connectivity index is 1.33. The van der Waals surface area contributed by atoms with Crippen LogP contribution in [0.5, 0.6) is 11.5 Å². The summed E-state index contributed by atoms with van der Waals surface area (Å²) in [4.78, 5) is 12.8. The second-order valence-corrected chi connectivity index (χ2v) is 8.84. The number of ether oxygens (including phenoxy) is 2. The Morgan fingerprint density at radius 2 is 1.94 bits per heavy atom. The zero-order valence-corrected chi connectivity index (χ0v) is 19.0. The molecular weight excluding hydrogens is 440 g/mol. The molecule has 0 unspecified atom stereocenters. The number of aromatic nitrogens is 3. The summed E-state index contributed by atoms with van der Waals surface area (Å²) in [6.07, 6.45) is 1.63. The molecule has 1 aliphatic rings. The fraction of sp³-hybridized carbons (Fsp3) is 0.208. The van der Waals surface area contributed by atoms with Crippen LogP contribution in [0.2, 0.25) is 0 Å². The standard InChI is InChI=1S/C24H22N4O4S/c1-15-19(10-11-30-15)22-26-27-24(28(22)18-6-4-3-5-7-18)33-16(2)23(29)25-13-17-8-9-20-21(12-17)32-14-31-20/h3-12,16H,13-14H2,1-2H3,(H,25,29)/t16-/m1/s1. The number of nitrogens with one attached hydrogen (secondary N) is 1. The molecule has 2 aromatic heterocycles. The third-order valence-electron chi connectivity index (χ3n) is 5.30. The molecule has 0 spiro atoms. The SMILES string of the molecule is Cc1occc1-c1nnc(S[C@H](C)C(=O)NCc2ccc3c(c2)OCO3)n1-c1ccccc1. The van der Waals surface area contributed by atoms with Gasteiger partial charge in [0.05, 0.1) is 17.1 Å². The van der Waals surface area contributed by atoms with Gasteiger partial charge in [-0.15, -0.1) is 10.2 Å². The molecule has 8 nitrogen and oxygen atoms in total. The molecule has 9 heteroatoms. The lowest BCUT2D eigenvalue weighted by molar-refractivity contribution is -0.120. The highest BCUT2D eigenvalue weighted by molar-refractivity contribution is 8.00. The van der Waals surface area contributed by atoms with E-state index >= 15 is 0 Å². The lowest BCUT2D eigenvalue weighted by Gasteiger charge is -2.14. The van der Waals surface area contributed by atoms with E-state index in [9.17, 15) is 4.79 Å². The van der Waals surface area contributed by atoms with Gasteiger partial charge < -0.3 is 19.2 Å². The van der Waals surface area contributed by atoms with Crippen LogP contribution in [0.3, 0.4) is 0 Å². The van der Waals surface area contributed by atoms with E-state index in [0.717, 1.165) is 28.3 Å². The summed E-state index contributed by atoms with van der Waals surface area (Å²) in [6, 6.07) is 17.3. The normalized spacial score (nSPS) is 13.2. The molecule has 33 heavy (non-hydrogen) atoms. The quantitative estimate of drug-likeness (QED) is 0.408. The van der Waals surface area contributed by atoms with E-state index in [-0.39, 0.29) is 18.0 Å². The largest absolute Gasteiger partial charge is 0.469 e. The Morgan fingerprint density at radius 3 is 2.73 bits per heavy atom. The van der Waals surface area contributed by atoms with Crippen LogP contribution in [0.25, 0.3) is 17.1 Å². The van der Waals surface area contributed by atoms with Gasteiger partial charge in [0.15, 0.2) is 22.5 Å². The van der Waals surface area contributed by atoms with Gasteiger partial charge >= 0.3 is 0 Å². The predicted octanol–water partition coefficient (Wildman–Crippen LogP) is 4.36. The molecule has 0 bridgehead atoms. The number of rotatable bonds is 7. The summed E-state index contributed by atoms with van der Waals surface area (Å²) >= 11 is 1.35. The number of carbonyl (C=O) groups is 1. The number of nitrogens with zero attached hydrogens (tertiary/aromatic N) is 3. The molecule has 0 saturated carbocycles. The predicted molar refractivity (Wildman–Crippen MR) is 124 cm³/mol. The number of para-hydroxylation sites is 1. The van der Waals surface area contributed by atoms with Crippen molar-refractivity contribution in [2.75, 3.05) is 6.79 Å². The van der Waals surface area contributed by atoms with Gasteiger partial charge in [0, 0.05) is 12.2 Å². The molecular formula is C24H22N4O4S. The van der Waals surface area contributed by atoms with E-state index in [1.54, 1.807) is 6.26 Å². The number of fused-ring (bicyclic) bond motifs is 1. The topological polar surface area (TPSA) is 91.4 Å². The lowest BCUT2D eigenvalue weighted by Crippen LogP contribution is -2.30. The van der Waals surface area contributed by atoms with Gasteiger partial charge in [-0.2, -0.15) is 0 Å². The van der Waals surface area contributed by atoms with Gasteiger partial charge in [0.1, 0.15) is 5.76 Å². The van der Waals surface area contributed by atoms with E-state index in [2.05, 4.69) is 15.5 Å². The summed E-state index contributed by atoms with van der Waals surface area (Å²) in [7, 11) is 0. The molecule has 0 saturated heterocycles. The van der Waals surface area contributed by atoms with Crippen LogP contribution in [-0.4, -0.2) is 32.7 Å². The number of thioether (sulfide) groups is 1. The first-order valence-electron chi connectivity index (χ1n) is 10.5. The van der Waals surface area contributed by atoms with Crippen LogP contribution < -0.4 is 14.8 Å². The average molecular weight is 463 g/mol. The fourth-order valence-corrected chi connectivity index (χ4v) is 4.43. The molecule has 0 radical (unpaired) electrons. The van der Waals surface area contributed by atoms with Crippen molar-refractivity contribution in [1.29, 1.82) is 0 Å². The summed E-state index contributed by atoms with van der Waals surface area (Å²) in [5, 5.41) is 12.0. The first-order valence-corrected chi connectivity index (χ1v) is 11.4. The highest BCUT2D eigenvalue weighted by Crippen LogP contribution is 2.33. The minimum Gasteiger partial charge on any atom is -0.469 e. The first-order chi connectivity index (χ1) is 16.1. The number of hydrogen-bond donors (Lipinski definition) is 1. The Labute approximate surface area is 194 Å². The zero-order valence-electron chi connectivity index (χ0n) is 18.1. The van der Waals surface area contributed by atoms with Crippen molar-refractivity contribution in [3.05, 3.63) is 72.2 Å². The second kappa shape index (κ2) is 9.03. The minimum atomic E-state index is -0.385. The summed E-state index contributed by atoms with van der Waals surface area (Å²) in [5.41, 5.74) is 2.71. The second-order valence-electron chi connectivity index (χ2n) is 7.53. The van der Waals surface area contributed by atoms with Gasteiger partial charge in [-0.25, -0.2) is 0 Å². The van der Waals surface area contributed by atoms with Crippen LogP contribution in [0.1, 0.15) is 18.2 Å². The maximum absolute atomic E-state index is 12.8. The Morgan fingerprint density at radius 1 is 1.12 bits per heavy atom. The Hall–Kier alpha value is -3.72. The van der Waals surface area contributed by atoms with Gasteiger partial charge in [-0.05, 0) is 49.7 Å². The first kappa shape index (κ1) is 21.1. The summed E-state index contributed by atoms with van der Waals surface area (Å²) in [6.45, 7) is 4.36. The summed E-state index contributed by atoms with van der Waals surface area (Å²) in [5.74, 6) is 2.75. The average Bonchev–Trinajstić information content (AvgIpc) is 3.57. The third-order valence-corrected chi connectivity index (χ3v) is 6.35.